The molecule has 0 aliphatic rings. The van der Waals surface area contributed by atoms with Crippen LogP contribution in [-0.2, 0) is 11.2 Å². The zero-order chi connectivity index (χ0) is 16.7. The van der Waals surface area contributed by atoms with Crippen LogP contribution in [0.2, 0.25) is 5.02 Å². The van der Waals surface area contributed by atoms with Gasteiger partial charge in [0.15, 0.2) is 0 Å². The van der Waals surface area contributed by atoms with Crippen molar-refractivity contribution in [3.05, 3.63) is 71.8 Å². The number of ether oxygens (including phenoxy) is 2. The first-order valence-corrected chi connectivity index (χ1v) is 7.44. The summed E-state index contributed by atoms with van der Waals surface area (Å²) in [4.78, 5) is 11.4. The maximum absolute atomic E-state index is 11.4. The average molecular weight is 333 g/mol. The van der Waals surface area contributed by atoms with Gasteiger partial charge in [-0.05, 0) is 42.3 Å². The van der Waals surface area contributed by atoms with Crippen LogP contribution in [-0.4, -0.2) is 23.8 Å². The largest absolute Gasteiger partial charge is 0.489 e. The van der Waals surface area contributed by atoms with Crippen LogP contribution < -0.4 is 9.47 Å². The zero-order valence-electron chi connectivity index (χ0n) is 12.4. The van der Waals surface area contributed by atoms with Crippen molar-refractivity contribution in [2.24, 2.45) is 0 Å². The van der Waals surface area contributed by atoms with Crippen LogP contribution in [0, 0.1) is 0 Å². The SMILES string of the molecule is C=CCc1ccccc1OC(COc1ccc(Cl)cc1)C(=O)O. The molecule has 4 nitrogen and oxygen atoms in total. The quantitative estimate of drug-likeness (QED) is 0.743. The van der Waals surface area contributed by atoms with Gasteiger partial charge in [-0.3, -0.25) is 0 Å². The summed E-state index contributed by atoms with van der Waals surface area (Å²) in [6, 6.07) is 14.0. The smallest absolute Gasteiger partial charge is 0.348 e. The number of rotatable bonds is 8. The molecule has 0 aliphatic carbocycles. The normalized spacial score (nSPS) is 11.5. The number of hydrogen-bond acceptors (Lipinski definition) is 3. The molecule has 0 spiro atoms. The van der Waals surface area contributed by atoms with Gasteiger partial charge in [-0.2, -0.15) is 0 Å². The minimum absolute atomic E-state index is 0.112. The molecule has 2 aromatic rings. The molecule has 0 amide bonds. The Morgan fingerprint density at radius 3 is 2.57 bits per heavy atom. The van der Waals surface area contributed by atoms with Gasteiger partial charge in [-0.1, -0.05) is 35.9 Å². The van der Waals surface area contributed by atoms with Crippen LogP contribution in [0.4, 0.5) is 0 Å². The lowest BCUT2D eigenvalue weighted by atomic mass is 10.1. The number of benzene rings is 2. The Hall–Kier alpha value is -2.46. The third kappa shape index (κ3) is 5.04. The number of allylic oxidation sites excluding steroid dienone is 1. The molecule has 0 fully saturated rings. The molecule has 2 rings (SSSR count). The first-order valence-electron chi connectivity index (χ1n) is 7.07. The predicted molar refractivity (Wildman–Crippen MR) is 89.3 cm³/mol. The van der Waals surface area contributed by atoms with Crippen LogP contribution in [0.1, 0.15) is 5.56 Å². The van der Waals surface area contributed by atoms with Crippen LogP contribution in [0.3, 0.4) is 0 Å². The minimum atomic E-state index is -1.11. The lowest BCUT2D eigenvalue weighted by molar-refractivity contribution is -0.146. The Bertz CT molecular complexity index is 667. The Balaban J connectivity index is 2.05. The molecule has 0 bridgehead atoms. The van der Waals surface area contributed by atoms with E-state index in [0.29, 0.717) is 22.9 Å². The molecule has 0 aliphatic heterocycles. The van der Waals surface area contributed by atoms with Crippen molar-refractivity contribution in [1.29, 1.82) is 0 Å². The Morgan fingerprint density at radius 1 is 1.22 bits per heavy atom. The van der Waals surface area contributed by atoms with Crippen molar-refractivity contribution in [2.75, 3.05) is 6.61 Å². The van der Waals surface area contributed by atoms with Crippen molar-refractivity contribution in [1.82, 2.24) is 0 Å². The predicted octanol–water partition coefficient (Wildman–Crippen LogP) is 3.98. The van der Waals surface area contributed by atoms with Crippen molar-refractivity contribution in [3.63, 3.8) is 0 Å². The standard InChI is InChI=1S/C18H17ClO4/c1-2-5-13-6-3-4-7-16(13)23-17(18(20)21)12-22-15-10-8-14(19)9-11-15/h2-4,6-11,17H,1,5,12H2,(H,20,21). The third-order valence-corrected chi connectivity index (χ3v) is 3.35. The summed E-state index contributed by atoms with van der Waals surface area (Å²) in [5.41, 5.74) is 0.875. The van der Waals surface area contributed by atoms with E-state index in [1.807, 2.05) is 12.1 Å². The van der Waals surface area contributed by atoms with Gasteiger partial charge in [-0.25, -0.2) is 4.79 Å². The summed E-state index contributed by atoms with van der Waals surface area (Å²) >= 11 is 5.80. The van der Waals surface area contributed by atoms with E-state index in [9.17, 15) is 9.90 Å². The lowest BCUT2D eigenvalue weighted by Gasteiger charge is -2.18. The maximum atomic E-state index is 11.4. The zero-order valence-corrected chi connectivity index (χ0v) is 13.2. The molecule has 5 heteroatoms. The molecule has 1 unspecified atom stereocenters. The highest BCUT2D eigenvalue weighted by Gasteiger charge is 2.21. The highest BCUT2D eigenvalue weighted by molar-refractivity contribution is 6.30. The van der Waals surface area contributed by atoms with E-state index >= 15 is 0 Å². The second-order valence-electron chi connectivity index (χ2n) is 4.81. The highest BCUT2D eigenvalue weighted by Crippen LogP contribution is 2.21. The van der Waals surface area contributed by atoms with Gasteiger partial charge in [0.25, 0.3) is 0 Å². The average Bonchev–Trinajstić information content (AvgIpc) is 2.54. The summed E-state index contributed by atoms with van der Waals surface area (Å²) in [5, 5.41) is 9.92. The van der Waals surface area contributed by atoms with Crippen LogP contribution in [0.15, 0.2) is 61.2 Å². The van der Waals surface area contributed by atoms with Crippen molar-refractivity contribution >= 4 is 17.6 Å². The van der Waals surface area contributed by atoms with Gasteiger partial charge in [-0.15, -0.1) is 6.58 Å². The van der Waals surface area contributed by atoms with E-state index < -0.39 is 12.1 Å². The van der Waals surface area contributed by atoms with Crippen molar-refractivity contribution in [3.8, 4) is 11.5 Å². The fourth-order valence-corrected chi connectivity index (χ4v) is 2.08. The number of hydrogen-bond donors (Lipinski definition) is 1. The first-order chi connectivity index (χ1) is 11.1. The second kappa shape index (κ2) is 8.25. The van der Waals surface area contributed by atoms with Gasteiger partial charge in [0.1, 0.15) is 18.1 Å². The van der Waals surface area contributed by atoms with Crippen molar-refractivity contribution < 1.29 is 19.4 Å². The van der Waals surface area contributed by atoms with E-state index in [0.717, 1.165) is 5.56 Å². The molecule has 0 saturated carbocycles. The fourth-order valence-electron chi connectivity index (χ4n) is 1.95. The molecule has 120 valence electrons. The number of halogens is 1. The monoisotopic (exact) mass is 332 g/mol. The first kappa shape index (κ1) is 16.9. The summed E-state index contributed by atoms with van der Waals surface area (Å²) in [7, 11) is 0. The van der Waals surface area contributed by atoms with E-state index in [1.165, 1.54) is 0 Å². The second-order valence-corrected chi connectivity index (χ2v) is 5.25. The van der Waals surface area contributed by atoms with Gasteiger partial charge >= 0.3 is 5.97 Å². The van der Waals surface area contributed by atoms with Crippen LogP contribution in [0.5, 0.6) is 11.5 Å². The molecule has 23 heavy (non-hydrogen) atoms. The molecular formula is C18H17ClO4. The van der Waals surface area contributed by atoms with Crippen molar-refractivity contribution in [2.45, 2.75) is 12.5 Å². The van der Waals surface area contributed by atoms with Crippen LogP contribution >= 0.6 is 11.6 Å². The van der Waals surface area contributed by atoms with E-state index in [4.69, 9.17) is 21.1 Å². The number of carboxylic acids is 1. The maximum Gasteiger partial charge on any atom is 0.348 e. The van der Waals surface area contributed by atoms with Gasteiger partial charge in [0, 0.05) is 5.02 Å². The number of carbonyl (C=O) groups is 1. The topological polar surface area (TPSA) is 55.8 Å². The molecule has 2 aromatic carbocycles. The number of carboxylic acid groups (broad SMARTS) is 1. The summed E-state index contributed by atoms with van der Waals surface area (Å²) in [5.74, 6) is -0.0458. The molecule has 0 saturated heterocycles. The van der Waals surface area contributed by atoms with Gasteiger partial charge in [0.2, 0.25) is 6.10 Å². The Kier molecular flexibility index (Phi) is 6.06. The molecule has 1 atom stereocenters. The molecule has 0 aromatic heterocycles. The molecule has 1 N–H and O–H groups in total. The van der Waals surface area contributed by atoms with Gasteiger partial charge in [0.05, 0.1) is 0 Å². The minimum Gasteiger partial charge on any atom is -0.489 e. The summed E-state index contributed by atoms with van der Waals surface area (Å²) in [6.07, 6.45) is 1.22. The van der Waals surface area contributed by atoms with Gasteiger partial charge < -0.3 is 14.6 Å². The number of aliphatic carboxylic acids is 1. The third-order valence-electron chi connectivity index (χ3n) is 3.10. The molecular weight excluding hydrogens is 316 g/mol. The lowest BCUT2D eigenvalue weighted by Crippen LogP contribution is -2.33. The molecule has 0 radical (unpaired) electrons. The fraction of sp³-hybridized carbons (Fsp3) is 0.167. The summed E-state index contributed by atoms with van der Waals surface area (Å²) in [6.45, 7) is 3.58. The number of para-hydroxylation sites is 1. The Labute approximate surface area is 139 Å². The van der Waals surface area contributed by atoms with E-state index in [2.05, 4.69) is 6.58 Å². The van der Waals surface area contributed by atoms with E-state index in [1.54, 1.807) is 42.5 Å². The van der Waals surface area contributed by atoms with Crippen LogP contribution in [0.25, 0.3) is 0 Å². The molecule has 0 heterocycles. The Morgan fingerprint density at radius 2 is 1.91 bits per heavy atom. The highest BCUT2D eigenvalue weighted by atomic mass is 35.5. The van der Waals surface area contributed by atoms with E-state index in [-0.39, 0.29) is 6.61 Å². The summed E-state index contributed by atoms with van der Waals surface area (Å²) < 4.78 is 11.1.